The molecule has 1 atom stereocenters. The lowest BCUT2D eigenvalue weighted by Crippen LogP contribution is -2.41. The van der Waals surface area contributed by atoms with Gasteiger partial charge in [-0.25, -0.2) is 4.79 Å². The fourth-order valence-electron chi connectivity index (χ4n) is 5.27. The van der Waals surface area contributed by atoms with Crippen molar-refractivity contribution in [2.45, 2.75) is 44.4 Å². The van der Waals surface area contributed by atoms with Crippen LogP contribution in [-0.4, -0.2) is 42.8 Å². The van der Waals surface area contributed by atoms with Crippen molar-refractivity contribution in [3.8, 4) is 11.1 Å². The third kappa shape index (κ3) is 5.76. The van der Waals surface area contributed by atoms with Crippen molar-refractivity contribution in [2.24, 2.45) is 11.8 Å². The van der Waals surface area contributed by atoms with Crippen molar-refractivity contribution in [3.63, 3.8) is 0 Å². The van der Waals surface area contributed by atoms with E-state index in [0.717, 1.165) is 47.9 Å². The zero-order chi connectivity index (χ0) is 23.9. The minimum absolute atomic E-state index is 0.0324. The number of hydrogen-bond donors (Lipinski definition) is 3. The molecule has 2 aromatic rings. The molecule has 0 radical (unpaired) electrons. The first-order valence-corrected chi connectivity index (χ1v) is 12.1. The van der Waals surface area contributed by atoms with E-state index in [1.165, 1.54) is 6.42 Å². The van der Waals surface area contributed by atoms with Gasteiger partial charge in [0.05, 0.1) is 5.92 Å². The first kappa shape index (κ1) is 23.8. The largest absolute Gasteiger partial charge is 0.480 e. The van der Waals surface area contributed by atoms with Crippen molar-refractivity contribution in [1.82, 2.24) is 10.6 Å². The highest BCUT2D eigenvalue weighted by Gasteiger charge is 2.30. The molecular weight excluding hydrogens is 432 g/mol. The lowest BCUT2D eigenvalue weighted by molar-refractivity contribution is -0.138. The molecule has 7 nitrogen and oxygen atoms in total. The van der Waals surface area contributed by atoms with Gasteiger partial charge >= 0.3 is 12.1 Å². The van der Waals surface area contributed by atoms with Crippen molar-refractivity contribution in [2.75, 3.05) is 19.7 Å². The number of carboxylic acids is 1. The van der Waals surface area contributed by atoms with E-state index in [1.54, 1.807) is 0 Å². The smallest absolute Gasteiger partial charge is 0.407 e. The molecule has 7 heteroatoms. The van der Waals surface area contributed by atoms with Gasteiger partial charge in [-0.3, -0.25) is 9.59 Å². The Morgan fingerprint density at radius 2 is 1.53 bits per heavy atom. The fourth-order valence-corrected chi connectivity index (χ4v) is 5.27. The molecule has 1 unspecified atom stereocenters. The van der Waals surface area contributed by atoms with E-state index in [2.05, 4.69) is 34.9 Å². The first-order chi connectivity index (χ1) is 16.5. The van der Waals surface area contributed by atoms with E-state index in [-0.39, 0.29) is 25.0 Å². The van der Waals surface area contributed by atoms with Gasteiger partial charge in [0.25, 0.3) is 0 Å². The Bertz CT molecular complexity index is 986. The molecule has 3 N–H and O–H groups in total. The molecule has 2 amide bonds. The summed E-state index contributed by atoms with van der Waals surface area (Å²) in [5.74, 6) is -1.53. The molecular formula is C27H32N2O5. The lowest BCUT2D eigenvalue weighted by Gasteiger charge is -2.26. The third-order valence-corrected chi connectivity index (χ3v) is 6.96. The molecule has 1 saturated carbocycles. The highest BCUT2D eigenvalue weighted by Crippen LogP contribution is 2.44. The number of nitrogens with one attached hydrogen (secondary N) is 2. The average Bonchev–Trinajstić information content (AvgIpc) is 3.18. The van der Waals surface area contributed by atoms with Crippen LogP contribution in [0.1, 0.15) is 55.6 Å². The predicted octanol–water partition coefficient (Wildman–Crippen LogP) is 4.31. The zero-order valence-corrected chi connectivity index (χ0v) is 19.3. The van der Waals surface area contributed by atoms with Crippen LogP contribution in [0, 0.1) is 11.8 Å². The number of alkyl carbamates (subject to hydrolysis) is 1. The Labute approximate surface area is 199 Å². The van der Waals surface area contributed by atoms with Gasteiger partial charge in [0.15, 0.2) is 0 Å². The van der Waals surface area contributed by atoms with Crippen molar-refractivity contribution in [1.29, 1.82) is 0 Å². The second-order valence-corrected chi connectivity index (χ2v) is 9.25. The number of rotatable bonds is 9. The number of carboxylic acid groups (broad SMARTS) is 1. The van der Waals surface area contributed by atoms with Crippen molar-refractivity contribution in [3.05, 3.63) is 59.7 Å². The summed E-state index contributed by atoms with van der Waals surface area (Å²) in [5, 5.41) is 14.1. The van der Waals surface area contributed by atoms with Gasteiger partial charge < -0.3 is 20.5 Å². The molecule has 180 valence electrons. The molecule has 2 aliphatic carbocycles. The summed E-state index contributed by atoms with van der Waals surface area (Å²) in [4.78, 5) is 36.0. The quantitative estimate of drug-likeness (QED) is 0.513. The maximum absolute atomic E-state index is 12.6. The number of benzene rings is 2. The molecule has 0 aromatic heterocycles. The van der Waals surface area contributed by atoms with Crippen LogP contribution in [0.4, 0.5) is 4.79 Å². The Balaban J connectivity index is 1.34. The summed E-state index contributed by atoms with van der Waals surface area (Å²) in [6.07, 6.45) is 5.70. The molecule has 0 heterocycles. The summed E-state index contributed by atoms with van der Waals surface area (Å²) >= 11 is 0. The van der Waals surface area contributed by atoms with Crippen LogP contribution >= 0.6 is 0 Å². The second-order valence-electron chi connectivity index (χ2n) is 9.25. The SMILES string of the molecule is O=C(O)CNC(=O)C(CNC(=O)OCC1c2ccccc2-c2ccccc21)CC1CCCCC1. The van der Waals surface area contributed by atoms with E-state index >= 15 is 0 Å². The van der Waals surface area contributed by atoms with Crippen LogP contribution in [0.2, 0.25) is 0 Å². The van der Waals surface area contributed by atoms with E-state index < -0.39 is 24.5 Å². The number of aliphatic carboxylic acids is 1. The van der Waals surface area contributed by atoms with Gasteiger partial charge in [0, 0.05) is 12.5 Å². The highest BCUT2D eigenvalue weighted by molar-refractivity contribution is 5.83. The molecule has 0 spiro atoms. The van der Waals surface area contributed by atoms with E-state index in [0.29, 0.717) is 12.3 Å². The Morgan fingerprint density at radius 3 is 2.15 bits per heavy atom. The number of fused-ring (bicyclic) bond motifs is 3. The van der Waals surface area contributed by atoms with E-state index in [4.69, 9.17) is 9.84 Å². The number of hydrogen-bond acceptors (Lipinski definition) is 4. The zero-order valence-electron chi connectivity index (χ0n) is 19.3. The predicted molar refractivity (Wildman–Crippen MR) is 128 cm³/mol. The topological polar surface area (TPSA) is 105 Å². The lowest BCUT2D eigenvalue weighted by atomic mass is 9.82. The van der Waals surface area contributed by atoms with Gasteiger partial charge in [-0.1, -0.05) is 80.6 Å². The van der Waals surface area contributed by atoms with E-state index in [1.807, 2.05) is 24.3 Å². The summed E-state index contributed by atoms with van der Waals surface area (Å²) in [5.41, 5.74) is 4.60. The first-order valence-electron chi connectivity index (χ1n) is 12.1. The summed E-state index contributed by atoms with van der Waals surface area (Å²) < 4.78 is 5.58. The van der Waals surface area contributed by atoms with Gasteiger partial charge in [-0.2, -0.15) is 0 Å². The normalized spacial score (nSPS) is 16.2. The van der Waals surface area contributed by atoms with Crippen LogP contribution in [0.5, 0.6) is 0 Å². The summed E-state index contributed by atoms with van der Waals surface area (Å²) in [6, 6.07) is 16.3. The van der Waals surface area contributed by atoms with Crippen molar-refractivity contribution >= 4 is 18.0 Å². The number of amides is 2. The van der Waals surface area contributed by atoms with Crippen LogP contribution in [0.25, 0.3) is 11.1 Å². The monoisotopic (exact) mass is 464 g/mol. The maximum Gasteiger partial charge on any atom is 0.407 e. The third-order valence-electron chi connectivity index (χ3n) is 6.96. The minimum Gasteiger partial charge on any atom is -0.480 e. The molecule has 4 rings (SSSR count). The fraction of sp³-hybridized carbons (Fsp3) is 0.444. The van der Waals surface area contributed by atoms with Gasteiger partial charge in [0.2, 0.25) is 5.91 Å². The van der Waals surface area contributed by atoms with Crippen LogP contribution < -0.4 is 10.6 Å². The van der Waals surface area contributed by atoms with Gasteiger partial charge in [-0.15, -0.1) is 0 Å². The molecule has 0 saturated heterocycles. The number of carbonyl (C=O) groups excluding carboxylic acids is 2. The van der Waals surface area contributed by atoms with Crippen LogP contribution in [0.15, 0.2) is 48.5 Å². The molecule has 34 heavy (non-hydrogen) atoms. The van der Waals surface area contributed by atoms with E-state index in [9.17, 15) is 14.4 Å². The molecule has 2 aliphatic rings. The minimum atomic E-state index is -1.09. The van der Waals surface area contributed by atoms with Gasteiger partial charge in [-0.05, 0) is 34.6 Å². The molecule has 0 bridgehead atoms. The molecule has 2 aromatic carbocycles. The molecule has 1 fully saturated rings. The maximum atomic E-state index is 12.6. The van der Waals surface area contributed by atoms with Gasteiger partial charge in [0.1, 0.15) is 13.2 Å². The Morgan fingerprint density at radius 1 is 0.912 bits per heavy atom. The average molecular weight is 465 g/mol. The van der Waals surface area contributed by atoms with Crippen LogP contribution in [-0.2, 0) is 14.3 Å². The number of ether oxygens (including phenoxy) is 1. The standard InChI is InChI=1S/C27H32N2O5/c30-25(31)16-28-26(32)19(14-18-8-2-1-3-9-18)15-29-27(33)34-17-24-22-12-6-4-10-20(22)21-11-5-7-13-23(21)24/h4-7,10-13,18-19,24H,1-3,8-9,14-17H2,(H,28,32)(H,29,33)(H,30,31). The summed E-state index contributed by atoms with van der Waals surface area (Å²) in [7, 11) is 0. The number of carbonyl (C=O) groups is 3. The molecule has 0 aliphatic heterocycles. The Hall–Kier alpha value is -3.35. The second kappa shape index (κ2) is 11.2. The highest BCUT2D eigenvalue weighted by atomic mass is 16.5. The Kier molecular flexibility index (Phi) is 7.83. The van der Waals surface area contributed by atoms with Crippen LogP contribution in [0.3, 0.4) is 0 Å². The van der Waals surface area contributed by atoms with Crippen molar-refractivity contribution < 1.29 is 24.2 Å². The summed E-state index contributed by atoms with van der Waals surface area (Å²) in [6.45, 7) is -0.0953.